The van der Waals surface area contributed by atoms with Gasteiger partial charge in [-0.1, -0.05) is 29.5 Å². The Bertz CT molecular complexity index is 964. The number of hydrogen-bond donors (Lipinski definition) is 2. The quantitative estimate of drug-likeness (QED) is 0.538. The van der Waals surface area contributed by atoms with Crippen molar-refractivity contribution < 1.29 is 18.0 Å². The van der Waals surface area contributed by atoms with Crippen molar-refractivity contribution in [1.82, 2.24) is 10.4 Å². The summed E-state index contributed by atoms with van der Waals surface area (Å²) < 4.78 is 38.3. The molecule has 1 amide bonds. The second-order valence-electron chi connectivity index (χ2n) is 5.44. The van der Waals surface area contributed by atoms with Gasteiger partial charge in [-0.25, -0.2) is 10.4 Å². The molecule has 0 spiro atoms. The molecule has 0 aliphatic carbocycles. The molecular formula is C17H13F3N4OS. The van der Waals surface area contributed by atoms with E-state index in [0.717, 1.165) is 27.9 Å². The van der Waals surface area contributed by atoms with Crippen LogP contribution in [0.3, 0.4) is 0 Å². The number of benzene rings is 2. The molecule has 1 aromatic heterocycles. The van der Waals surface area contributed by atoms with Gasteiger partial charge in [0.05, 0.1) is 28.4 Å². The third-order valence-electron chi connectivity index (χ3n) is 3.47. The molecule has 3 N–H and O–H groups in total. The highest BCUT2D eigenvalue weighted by Crippen LogP contribution is 2.29. The monoisotopic (exact) mass is 378 g/mol. The molecule has 0 aliphatic rings. The van der Waals surface area contributed by atoms with E-state index in [-0.39, 0.29) is 12.3 Å². The fraction of sp³-hybridized carbons (Fsp3) is 0.118. The maximum absolute atomic E-state index is 12.5. The zero-order valence-corrected chi connectivity index (χ0v) is 14.1. The number of thiazole rings is 1. The smallest absolute Gasteiger partial charge is 0.375 e. The SMILES string of the molecule is Nc1nc2ccc(CC(=O)N/N=C\c3ccc(C(F)(F)F)cc3)cc2s1. The molecule has 0 unspecified atom stereocenters. The van der Waals surface area contributed by atoms with Gasteiger partial charge >= 0.3 is 6.18 Å². The van der Waals surface area contributed by atoms with Crippen molar-refractivity contribution >= 4 is 38.8 Å². The molecule has 0 atom stereocenters. The maximum atomic E-state index is 12.5. The van der Waals surface area contributed by atoms with Crippen LogP contribution in [0.1, 0.15) is 16.7 Å². The van der Waals surface area contributed by atoms with Crippen LogP contribution in [0.5, 0.6) is 0 Å². The summed E-state index contributed by atoms with van der Waals surface area (Å²) in [6.07, 6.45) is -2.99. The molecule has 5 nitrogen and oxygen atoms in total. The van der Waals surface area contributed by atoms with Crippen molar-refractivity contribution in [2.45, 2.75) is 12.6 Å². The second kappa shape index (κ2) is 7.12. The fourth-order valence-corrected chi connectivity index (χ4v) is 3.06. The summed E-state index contributed by atoms with van der Waals surface area (Å²) in [5.74, 6) is -0.343. The average molecular weight is 378 g/mol. The molecule has 0 radical (unpaired) electrons. The first-order valence-corrected chi connectivity index (χ1v) is 8.27. The first-order valence-electron chi connectivity index (χ1n) is 7.45. The number of fused-ring (bicyclic) bond motifs is 1. The molecule has 0 aliphatic heterocycles. The molecule has 3 rings (SSSR count). The van der Waals surface area contributed by atoms with Crippen molar-refractivity contribution in [2.24, 2.45) is 5.10 Å². The number of hydrogen-bond acceptors (Lipinski definition) is 5. The minimum Gasteiger partial charge on any atom is -0.375 e. The van der Waals surface area contributed by atoms with Gasteiger partial charge < -0.3 is 5.73 Å². The van der Waals surface area contributed by atoms with Crippen molar-refractivity contribution in [3.63, 3.8) is 0 Å². The van der Waals surface area contributed by atoms with E-state index >= 15 is 0 Å². The van der Waals surface area contributed by atoms with Gasteiger partial charge in [-0.15, -0.1) is 0 Å². The lowest BCUT2D eigenvalue weighted by Gasteiger charge is -2.05. The number of carbonyl (C=O) groups excluding carboxylic acids is 1. The van der Waals surface area contributed by atoms with Crippen LogP contribution >= 0.6 is 11.3 Å². The van der Waals surface area contributed by atoms with Gasteiger partial charge in [0.2, 0.25) is 5.91 Å². The van der Waals surface area contributed by atoms with Gasteiger partial charge in [0.25, 0.3) is 0 Å². The number of nitrogen functional groups attached to an aromatic ring is 1. The lowest BCUT2D eigenvalue weighted by Crippen LogP contribution is -2.19. The second-order valence-corrected chi connectivity index (χ2v) is 6.51. The predicted molar refractivity (Wildman–Crippen MR) is 94.9 cm³/mol. The van der Waals surface area contributed by atoms with Crippen LogP contribution in [-0.4, -0.2) is 17.1 Å². The highest BCUT2D eigenvalue weighted by molar-refractivity contribution is 7.22. The maximum Gasteiger partial charge on any atom is 0.416 e. The summed E-state index contributed by atoms with van der Waals surface area (Å²) in [4.78, 5) is 16.1. The Morgan fingerprint density at radius 1 is 1.23 bits per heavy atom. The van der Waals surface area contributed by atoms with E-state index in [0.29, 0.717) is 10.7 Å². The largest absolute Gasteiger partial charge is 0.416 e. The molecule has 9 heteroatoms. The number of amides is 1. The average Bonchev–Trinajstić information content (AvgIpc) is 2.94. The zero-order valence-electron chi connectivity index (χ0n) is 13.2. The highest BCUT2D eigenvalue weighted by atomic mass is 32.1. The van der Waals surface area contributed by atoms with Gasteiger partial charge in [0.15, 0.2) is 5.13 Å². The summed E-state index contributed by atoms with van der Waals surface area (Å²) in [5, 5.41) is 4.22. The Balaban J connectivity index is 1.58. The van der Waals surface area contributed by atoms with Crippen molar-refractivity contribution in [3.05, 3.63) is 59.2 Å². The van der Waals surface area contributed by atoms with Gasteiger partial charge in [-0.05, 0) is 35.4 Å². The van der Waals surface area contributed by atoms with Gasteiger partial charge in [0.1, 0.15) is 0 Å². The lowest BCUT2D eigenvalue weighted by atomic mass is 10.1. The summed E-state index contributed by atoms with van der Waals surface area (Å²) in [6.45, 7) is 0. The summed E-state index contributed by atoms with van der Waals surface area (Å²) in [6, 6.07) is 9.87. The van der Waals surface area contributed by atoms with Crippen molar-refractivity contribution in [2.75, 3.05) is 5.73 Å². The molecule has 26 heavy (non-hydrogen) atoms. The number of halogens is 3. The van der Waals surface area contributed by atoms with Gasteiger partial charge in [-0.2, -0.15) is 18.3 Å². The van der Waals surface area contributed by atoms with Crippen LogP contribution in [-0.2, 0) is 17.4 Å². The van der Waals surface area contributed by atoms with Crippen LogP contribution in [0.25, 0.3) is 10.2 Å². The van der Waals surface area contributed by atoms with Gasteiger partial charge in [0, 0.05) is 0 Å². The number of alkyl halides is 3. The molecule has 3 aromatic rings. The van der Waals surface area contributed by atoms with Crippen molar-refractivity contribution in [1.29, 1.82) is 0 Å². The molecule has 0 saturated heterocycles. The fourth-order valence-electron chi connectivity index (χ4n) is 2.26. The topological polar surface area (TPSA) is 80.4 Å². The van der Waals surface area contributed by atoms with Gasteiger partial charge in [-0.3, -0.25) is 4.79 Å². The lowest BCUT2D eigenvalue weighted by molar-refractivity contribution is -0.137. The normalized spacial score (nSPS) is 12.0. The third kappa shape index (κ3) is 4.37. The number of hydrazone groups is 1. The Hall–Kier alpha value is -2.94. The molecule has 0 saturated carbocycles. The van der Waals surface area contributed by atoms with E-state index < -0.39 is 11.7 Å². The first kappa shape index (κ1) is 17.9. The number of nitrogens with zero attached hydrogens (tertiary/aromatic N) is 2. The summed E-state index contributed by atoms with van der Waals surface area (Å²) in [5.41, 5.74) is 9.25. The van der Waals surface area contributed by atoms with E-state index in [2.05, 4.69) is 15.5 Å². The first-order chi connectivity index (χ1) is 12.3. The zero-order chi connectivity index (χ0) is 18.7. The van der Waals surface area contributed by atoms with E-state index in [1.807, 2.05) is 6.07 Å². The number of carbonyl (C=O) groups is 1. The number of rotatable bonds is 4. The highest BCUT2D eigenvalue weighted by Gasteiger charge is 2.29. The van der Waals surface area contributed by atoms with Crippen LogP contribution < -0.4 is 11.2 Å². The standard InChI is InChI=1S/C17H13F3N4OS/c18-17(19,20)12-4-1-10(2-5-12)9-22-24-15(25)8-11-3-6-13-14(7-11)26-16(21)23-13/h1-7,9H,8H2,(H2,21,23)(H,24,25)/b22-9-. The predicted octanol–water partition coefficient (Wildman–Crippen LogP) is 3.59. The molecule has 0 fully saturated rings. The number of aromatic nitrogens is 1. The Morgan fingerprint density at radius 3 is 2.65 bits per heavy atom. The number of nitrogens with one attached hydrogen (secondary N) is 1. The van der Waals surface area contributed by atoms with E-state index in [4.69, 9.17) is 5.73 Å². The minimum absolute atomic E-state index is 0.109. The van der Waals surface area contributed by atoms with Crippen LogP contribution in [0.15, 0.2) is 47.6 Å². The molecule has 0 bridgehead atoms. The number of anilines is 1. The molecule has 2 aromatic carbocycles. The summed E-state index contributed by atoms with van der Waals surface area (Å²) in [7, 11) is 0. The summed E-state index contributed by atoms with van der Waals surface area (Å²) >= 11 is 1.34. The molecule has 1 heterocycles. The minimum atomic E-state index is -4.38. The molecule has 134 valence electrons. The Labute approximate surface area is 150 Å². The third-order valence-corrected chi connectivity index (χ3v) is 4.32. The van der Waals surface area contributed by atoms with E-state index in [9.17, 15) is 18.0 Å². The van der Waals surface area contributed by atoms with E-state index in [1.54, 1.807) is 12.1 Å². The molecular weight excluding hydrogens is 365 g/mol. The Kier molecular flexibility index (Phi) is 4.90. The van der Waals surface area contributed by atoms with Crippen LogP contribution in [0.4, 0.5) is 18.3 Å². The van der Waals surface area contributed by atoms with Crippen LogP contribution in [0, 0.1) is 0 Å². The van der Waals surface area contributed by atoms with E-state index in [1.165, 1.54) is 29.7 Å². The van der Waals surface area contributed by atoms with Crippen molar-refractivity contribution in [3.8, 4) is 0 Å². The number of nitrogens with two attached hydrogens (primary N) is 1. The van der Waals surface area contributed by atoms with Crippen LogP contribution in [0.2, 0.25) is 0 Å². The Morgan fingerprint density at radius 2 is 1.96 bits per heavy atom.